The fourth-order valence-electron chi connectivity index (χ4n) is 4.26. The monoisotopic (exact) mass is 423 g/mol. The zero-order valence-electron chi connectivity index (χ0n) is 18.1. The highest BCUT2D eigenvalue weighted by Gasteiger charge is 2.34. The molecule has 158 valence electrons. The maximum atomic E-state index is 13.4. The molecular formula is C23H29N5OS. The standard InChI is InChI=1S/C23H29N5OS/c1-5-28(20-11-12-27(15-20)17(3)18-9-7-6-8-10-18)23(29)21-16(2)25-22(30-21)19-13-24-26(4)14-19/h6-10,13-14,17,20H,5,11-12,15H2,1-4H3. The van der Waals surface area contributed by atoms with Gasteiger partial charge >= 0.3 is 0 Å². The van der Waals surface area contributed by atoms with Gasteiger partial charge in [0.25, 0.3) is 5.91 Å². The van der Waals surface area contributed by atoms with Crippen molar-refractivity contribution in [2.24, 2.45) is 7.05 Å². The van der Waals surface area contributed by atoms with Crippen LogP contribution in [0, 0.1) is 6.92 Å². The van der Waals surface area contributed by atoms with E-state index in [-0.39, 0.29) is 11.9 Å². The van der Waals surface area contributed by atoms with Crippen LogP contribution < -0.4 is 0 Å². The number of hydrogen-bond donors (Lipinski definition) is 0. The van der Waals surface area contributed by atoms with E-state index in [0.717, 1.165) is 40.7 Å². The highest BCUT2D eigenvalue weighted by atomic mass is 32.1. The number of aryl methyl sites for hydroxylation is 2. The summed E-state index contributed by atoms with van der Waals surface area (Å²) >= 11 is 1.47. The summed E-state index contributed by atoms with van der Waals surface area (Å²) in [4.78, 5) is 23.3. The Balaban J connectivity index is 1.49. The predicted octanol–water partition coefficient (Wildman–Crippen LogP) is 4.15. The van der Waals surface area contributed by atoms with Crippen LogP contribution in [0.1, 0.15) is 47.2 Å². The van der Waals surface area contributed by atoms with Crippen LogP contribution >= 0.6 is 11.3 Å². The fourth-order valence-corrected chi connectivity index (χ4v) is 5.26. The molecule has 30 heavy (non-hydrogen) atoms. The van der Waals surface area contributed by atoms with Crippen molar-refractivity contribution < 1.29 is 4.79 Å². The second-order valence-corrected chi connectivity index (χ2v) is 8.95. The van der Waals surface area contributed by atoms with Crippen LogP contribution in [0.15, 0.2) is 42.7 Å². The van der Waals surface area contributed by atoms with Gasteiger partial charge in [0.2, 0.25) is 0 Å². The summed E-state index contributed by atoms with van der Waals surface area (Å²) in [6.07, 6.45) is 4.73. The van der Waals surface area contributed by atoms with Gasteiger partial charge in [-0.05, 0) is 32.8 Å². The van der Waals surface area contributed by atoms with Crippen LogP contribution in [-0.2, 0) is 7.05 Å². The highest BCUT2D eigenvalue weighted by Crippen LogP contribution is 2.31. The normalized spacial score (nSPS) is 17.9. The molecule has 3 heterocycles. The average Bonchev–Trinajstić information content (AvgIpc) is 3.49. The van der Waals surface area contributed by atoms with E-state index < -0.39 is 0 Å². The number of carbonyl (C=O) groups excluding carboxylic acids is 1. The third-order valence-corrected chi connectivity index (χ3v) is 7.20. The minimum Gasteiger partial charge on any atom is -0.334 e. The first-order chi connectivity index (χ1) is 14.5. The summed E-state index contributed by atoms with van der Waals surface area (Å²) < 4.78 is 1.76. The Kier molecular flexibility index (Phi) is 6.01. The molecule has 1 aliphatic rings. The Morgan fingerprint density at radius 2 is 2.10 bits per heavy atom. The number of benzene rings is 1. The zero-order valence-corrected chi connectivity index (χ0v) is 18.9. The SMILES string of the molecule is CCN(C(=O)c1sc(-c2cnn(C)c2)nc1C)C1CCN(C(C)c2ccccc2)C1. The first kappa shape index (κ1) is 20.8. The summed E-state index contributed by atoms with van der Waals surface area (Å²) in [5, 5.41) is 5.08. The summed E-state index contributed by atoms with van der Waals surface area (Å²) in [7, 11) is 1.89. The molecule has 1 fully saturated rings. The highest BCUT2D eigenvalue weighted by molar-refractivity contribution is 7.17. The van der Waals surface area contributed by atoms with E-state index in [0.29, 0.717) is 12.6 Å². The molecular weight excluding hydrogens is 394 g/mol. The van der Waals surface area contributed by atoms with Gasteiger partial charge in [-0.15, -0.1) is 11.3 Å². The predicted molar refractivity (Wildman–Crippen MR) is 121 cm³/mol. The third-order valence-electron chi connectivity index (χ3n) is 6.01. The van der Waals surface area contributed by atoms with Crippen molar-refractivity contribution in [1.82, 2.24) is 24.6 Å². The number of likely N-dealkylation sites (N-methyl/N-ethyl adjacent to an activating group) is 1. The lowest BCUT2D eigenvalue weighted by Crippen LogP contribution is -2.42. The van der Waals surface area contributed by atoms with Gasteiger partial charge in [-0.2, -0.15) is 5.10 Å². The first-order valence-corrected chi connectivity index (χ1v) is 11.4. The largest absolute Gasteiger partial charge is 0.334 e. The topological polar surface area (TPSA) is 54.3 Å². The molecule has 0 saturated carbocycles. The molecule has 4 rings (SSSR count). The van der Waals surface area contributed by atoms with E-state index in [4.69, 9.17) is 0 Å². The number of rotatable bonds is 6. The smallest absolute Gasteiger partial charge is 0.266 e. The third kappa shape index (κ3) is 4.04. The maximum absolute atomic E-state index is 13.4. The van der Waals surface area contributed by atoms with Crippen LogP contribution in [-0.4, -0.2) is 56.1 Å². The Morgan fingerprint density at radius 3 is 2.77 bits per heavy atom. The number of thiazole rings is 1. The molecule has 6 nitrogen and oxygen atoms in total. The number of nitrogens with zero attached hydrogens (tertiary/aromatic N) is 5. The van der Waals surface area contributed by atoms with Crippen LogP contribution in [0.2, 0.25) is 0 Å². The van der Waals surface area contributed by atoms with Crippen molar-refractivity contribution in [3.05, 3.63) is 58.9 Å². The van der Waals surface area contributed by atoms with Gasteiger partial charge in [0, 0.05) is 50.5 Å². The fraction of sp³-hybridized carbons (Fsp3) is 0.435. The van der Waals surface area contributed by atoms with Crippen LogP contribution in [0.3, 0.4) is 0 Å². The van der Waals surface area contributed by atoms with Crippen molar-refractivity contribution in [2.45, 2.75) is 39.3 Å². The van der Waals surface area contributed by atoms with Crippen molar-refractivity contribution >= 4 is 17.2 Å². The number of aromatic nitrogens is 3. The molecule has 7 heteroatoms. The molecule has 1 amide bonds. The second kappa shape index (κ2) is 8.70. The van der Waals surface area contributed by atoms with Crippen LogP contribution in [0.5, 0.6) is 0 Å². The summed E-state index contributed by atoms with van der Waals surface area (Å²) in [6.45, 7) is 8.87. The Hall–Kier alpha value is -2.51. The van der Waals surface area contributed by atoms with E-state index in [1.54, 1.807) is 10.9 Å². The van der Waals surface area contributed by atoms with Crippen molar-refractivity contribution in [2.75, 3.05) is 19.6 Å². The molecule has 2 unspecified atom stereocenters. The summed E-state index contributed by atoms with van der Waals surface area (Å²) in [5.41, 5.74) is 3.08. The van der Waals surface area contributed by atoms with Crippen LogP contribution in [0.4, 0.5) is 0 Å². The average molecular weight is 424 g/mol. The first-order valence-electron chi connectivity index (χ1n) is 10.5. The number of amides is 1. The molecule has 0 bridgehead atoms. The van der Waals surface area contributed by atoms with Gasteiger partial charge in [-0.3, -0.25) is 14.4 Å². The number of likely N-dealkylation sites (tertiary alicyclic amines) is 1. The molecule has 1 aromatic carbocycles. The lowest BCUT2D eigenvalue weighted by Gasteiger charge is -2.29. The van der Waals surface area contributed by atoms with Gasteiger partial charge in [-0.1, -0.05) is 30.3 Å². The molecule has 3 aromatic rings. The van der Waals surface area contributed by atoms with Gasteiger partial charge < -0.3 is 4.90 Å². The zero-order chi connectivity index (χ0) is 21.3. The minimum atomic E-state index is 0.0989. The van der Waals surface area contributed by atoms with E-state index in [1.807, 2.05) is 25.1 Å². The molecule has 1 aliphatic heterocycles. The van der Waals surface area contributed by atoms with E-state index >= 15 is 0 Å². The molecule has 0 aliphatic carbocycles. The minimum absolute atomic E-state index is 0.0989. The van der Waals surface area contributed by atoms with Crippen molar-refractivity contribution in [1.29, 1.82) is 0 Å². The Morgan fingerprint density at radius 1 is 1.33 bits per heavy atom. The molecule has 0 N–H and O–H groups in total. The van der Waals surface area contributed by atoms with Gasteiger partial charge in [-0.25, -0.2) is 4.98 Å². The molecule has 0 radical (unpaired) electrons. The quantitative estimate of drug-likeness (QED) is 0.598. The number of hydrogen-bond acceptors (Lipinski definition) is 5. The summed E-state index contributed by atoms with van der Waals surface area (Å²) in [5.74, 6) is 0.0989. The molecule has 1 saturated heterocycles. The number of carbonyl (C=O) groups is 1. The van der Waals surface area contributed by atoms with Gasteiger partial charge in [0.15, 0.2) is 0 Å². The molecule has 2 aromatic heterocycles. The summed E-state index contributed by atoms with van der Waals surface area (Å²) in [6, 6.07) is 11.2. The van der Waals surface area contributed by atoms with Crippen molar-refractivity contribution in [3.63, 3.8) is 0 Å². The lowest BCUT2D eigenvalue weighted by atomic mass is 10.1. The van der Waals surface area contributed by atoms with Gasteiger partial charge in [0.1, 0.15) is 9.88 Å². The van der Waals surface area contributed by atoms with E-state index in [1.165, 1.54) is 16.9 Å². The molecule has 0 spiro atoms. The lowest BCUT2D eigenvalue weighted by molar-refractivity contribution is 0.0693. The maximum Gasteiger partial charge on any atom is 0.266 e. The Bertz CT molecular complexity index is 1010. The van der Waals surface area contributed by atoms with E-state index in [9.17, 15) is 4.79 Å². The van der Waals surface area contributed by atoms with Crippen molar-refractivity contribution in [3.8, 4) is 10.6 Å². The Labute approximate surface area is 182 Å². The molecule has 2 atom stereocenters. The van der Waals surface area contributed by atoms with E-state index in [2.05, 4.69) is 59.2 Å². The van der Waals surface area contributed by atoms with Gasteiger partial charge in [0.05, 0.1) is 11.9 Å². The second-order valence-electron chi connectivity index (χ2n) is 7.95. The van der Waals surface area contributed by atoms with Crippen LogP contribution in [0.25, 0.3) is 10.6 Å².